The molecular weight excluding hydrogens is 306 g/mol. The fourth-order valence-electron chi connectivity index (χ4n) is 2.64. The summed E-state index contributed by atoms with van der Waals surface area (Å²) in [5.74, 6) is 1.06. The van der Waals surface area contributed by atoms with Crippen molar-refractivity contribution in [2.75, 3.05) is 12.4 Å². The molecule has 0 spiro atoms. The first-order chi connectivity index (χ1) is 11.6. The quantitative estimate of drug-likeness (QED) is 0.677. The zero-order valence-corrected chi connectivity index (χ0v) is 13.5. The first-order valence-corrected chi connectivity index (χ1v) is 7.90. The Kier molecular flexibility index (Phi) is 4.79. The second-order valence-electron chi connectivity index (χ2n) is 5.69. The topological polar surface area (TPSA) is 64.6 Å². The molecule has 1 aliphatic rings. The first kappa shape index (κ1) is 16.1. The van der Waals surface area contributed by atoms with Crippen LogP contribution >= 0.6 is 0 Å². The summed E-state index contributed by atoms with van der Waals surface area (Å²) >= 11 is 0. The van der Waals surface area contributed by atoms with Gasteiger partial charge in [0.2, 0.25) is 5.91 Å². The van der Waals surface area contributed by atoms with Gasteiger partial charge >= 0.3 is 5.97 Å². The number of fused-ring (bicyclic) bond motifs is 1. The molecule has 24 heavy (non-hydrogen) atoms. The Bertz CT molecular complexity index is 752. The Balaban J connectivity index is 1.55. The van der Waals surface area contributed by atoms with Gasteiger partial charge in [0.05, 0.1) is 7.11 Å². The van der Waals surface area contributed by atoms with Crippen LogP contribution in [0.15, 0.2) is 42.5 Å². The van der Waals surface area contributed by atoms with Gasteiger partial charge in [-0.1, -0.05) is 12.1 Å². The van der Waals surface area contributed by atoms with E-state index in [1.165, 1.54) is 0 Å². The lowest BCUT2D eigenvalue weighted by molar-refractivity contribution is -0.134. The van der Waals surface area contributed by atoms with E-state index in [-0.39, 0.29) is 11.9 Å². The maximum Gasteiger partial charge on any atom is 0.311 e. The highest BCUT2D eigenvalue weighted by Crippen LogP contribution is 2.27. The molecule has 0 saturated carbocycles. The van der Waals surface area contributed by atoms with Crippen LogP contribution in [-0.4, -0.2) is 19.0 Å². The molecule has 2 aromatic carbocycles. The van der Waals surface area contributed by atoms with Crippen molar-refractivity contribution in [3.8, 4) is 11.5 Å². The van der Waals surface area contributed by atoms with Crippen molar-refractivity contribution in [3.05, 3.63) is 53.6 Å². The maximum atomic E-state index is 12.0. The molecule has 1 amide bonds. The Morgan fingerprint density at radius 3 is 2.58 bits per heavy atom. The van der Waals surface area contributed by atoms with Crippen LogP contribution in [0.1, 0.15) is 24.0 Å². The molecule has 5 nitrogen and oxygen atoms in total. The van der Waals surface area contributed by atoms with E-state index in [1.54, 1.807) is 19.2 Å². The molecule has 2 aromatic rings. The first-order valence-electron chi connectivity index (χ1n) is 7.90. The van der Waals surface area contributed by atoms with Gasteiger partial charge in [-0.15, -0.1) is 0 Å². The van der Waals surface area contributed by atoms with Gasteiger partial charge in [-0.25, -0.2) is 0 Å². The fourth-order valence-corrected chi connectivity index (χ4v) is 2.64. The van der Waals surface area contributed by atoms with Gasteiger partial charge in [0.1, 0.15) is 11.5 Å². The van der Waals surface area contributed by atoms with Gasteiger partial charge in [0.15, 0.2) is 0 Å². The van der Waals surface area contributed by atoms with Crippen LogP contribution in [0, 0.1) is 0 Å². The average molecular weight is 325 g/mol. The molecule has 5 heteroatoms. The molecular formula is C19H19NO4. The second-order valence-corrected chi connectivity index (χ2v) is 5.69. The highest BCUT2D eigenvalue weighted by molar-refractivity contribution is 5.94. The van der Waals surface area contributed by atoms with Crippen molar-refractivity contribution in [1.82, 2.24) is 0 Å². The molecule has 3 rings (SSSR count). The van der Waals surface area contributed by atoms with Gasteiger partial charge in [-0.2, -0.15) is 0 Å². The molecule has 1 N–H and O–H groups in total. The molecule has 0 atom stereocenters. The summed E-state index contributed by atoms with van der Waals surface area (Å²) in [4.78, 5) is 23.4. The molecule has 0 saturated heterocycles. The number of ether oxygens (including phenoxy) is 2. The highest BCUT2D eigenvalue weighted by atomic mass is 16.5. The largest absolute Gasteiger partial charge is 0.497 e. The van der Waals surface area contributed by atoms with E-state index in [9.17, 15) is 9.59 Å². The van der Waals surface area contributed by atoms with E-state index < -0.39 is 0 Å². The minimum absolute atomic E-state index is 0.0201. The number of carbonyl (C=O) groups excluding carboxylic acids is 2. The number of nitrogens with one attached hydrogen (secondary N) is 1. The smallest absolute Gasteiger partial charge is 0.311 e. The summed E-state index contributed by atoms with van der Waals surface area (Å²) in [6.45, 7) is 0. The SMILES string of the molecule is COc1ccc(CCC(=O)Oc2ccc3c(c2)CCC(=O)N3)cc1. The maximum absolute atomic E-state index is 12.0. The molecule has 0 bridgehead atoms. The van der Waals surface area contributed by atoms with Crippen LogP contribution < -0.4 is 14.8 Å². The summed E-state index contributed by atoms with van der Waals surface area (Å²) in [7, 11) is 1.62. The number of anilines is 1. The van der Waals surface area contributed by atoms with Crippen LogP contribution in [0.3, 0.4) is 0 Å². The molecule has 0 unspecified atom stereocenters. The summed E-state index contributed by atoms with van der Waals surface area (Å²) in [6, 6.07) is 12.9. The number of amides is 1. The number of hydrogen-bond acceptors (Lipinski definition) is 4. The zero-order valence-electron chi connectivity index (χ0n) is 13.5. The Labute approximate surface area is 140 Å². The van der Waals surface area contributed by atoms with Crippen molar-refractivity contribution in [2.24, 2.45) is 0 Å². The van der Waals surface area contributed by atoms with Crippen LogP contribution in [0.5, 0.6) is 11.5 Å². The highest BCUT2D eigenvalue weighted by Gasteiger charge is 2.16. The van der Waals surface area contributed by atoms with Crippen LogP contribution in [-0.2, 0) is 22.4 Å². The predicted molar refractivity (Wildman–Crippen MR) is 90.3 cm³/mol. The summed E-state index contributed by atoms with van der Waals surface area (Å²) in [6.07, 6.45) is 2.05. The molecule has 1 aliphatic heterocycles. The average Bonchev–Trinajstić information content (AvgIpc) is 2.60. The molecule has 0 radical (unpaired) electrons. The third-order valence-corrected chi connectivity index (χ3v) is 3.98. The Morgan fingerprint density at radius 2 is 1.83 bits per heavy atom. The number of aryl methyl sites for hydroxylation is 2. The van der Waals surface area contributed by atoms with E-state index in [0.29, 0.717) is 31.4 Å². The van der Waals surface area contributed by atoms with E-state index in [1.807, 2.05) is 30.3 Å². The lowest BCUT2D eigenvalue weighted by Gasteiger charge is -2.17. The molecule has 124 valence electrons. The Hall–Kier alpha value is -2.82. The third kappa shape index (κ3) is 3.93. The van der Waals surface area contributed by atoms with Gasteiger partial charge < -0.3 is 14.8 Å². The van der Waals surface area contributed by atoms with Crippen molar-refractivity contribution < 1.29 is 19.1 Å². The third-order valence-electron chi connectivity index (χ3n) is 3.98. The number of benzene rings is 2. The molecule has 0 aliphatic carbocycles. The van der Waals surface area contributed by atoms with Crippen LogP contribution in [0.4, 0.5) is 5.69 Å². The minimum atomic E-state index is -0.273. The minimum Gasteiger partial charge on any atom is -0.497 e. The van der Waals surface area contributed by atoms with E-state index in [0.717, 1.165) is 22.6 Å². The van der Waals surface area contributed by atoms with Crippen LogP contribution in [0.2, 0.25) is 0 Å². The van der Waals surface area contributed by atoms with Gasteiger partial charge in [0, 0.05) is 18.5 Å². The molecule has 1 heterocycles. The lowest BCUT2D eigenvalue weighted by Crippen LogP contribution is -2.19. The number of hydrogen-bond donors (Lipinski definition) is 1. The summed E-state index contributed by atoms with van der Waals surface area (Å²) in [5.41, 5.74) is 2.85. The van der Waals surface area contributed by atoms with Gasteiger partial charge in [0.25, 0.3) is 0 Å². The van der Waals surface area contributed by atoms with Crippen molar-refractivity contribution in [3.63, 3.8) is 0 Å². The molecule has 0 aromatic heterocycles. The fraction of sp³-hybridized carbons (Fsp3) is 0.263. The monoisotopic (exact) mass is 325 g/mol. The van der Waals surface area contributed by atoms with Crippen molar-refractivity contribution in [1.29, 1.82) is 0 Å². The van der Waals surface area contributed by atoms with Gasteiger partial charge in [-0.05, 0) is 54.3 Å². The Morgan fingerprint density at radius 1 is 1.08 bits per heavy atom. The van der Waals surface area contributed by atoms with E-state index in [4.69, 9.17) is 9.47 Å². The van der Waals surface area contributed by atoms with Gasteiger partial charge in [-0.3, -0.25) is 9.59 Å². The number of esters is 1. The molecule has 0 fully saturated rings. The zero-order chi connectivity index (χ0) is 16.9. The normalized spacial score (nSPS) is 13.0. The second kappa shape index (κ2) is 7.17. The number of rotatable bonds is 5. The number of carbonyl (C=O) groups is 2. The summed E-state index contributed by atoms with van der Waals surface area (Å²) < 4.78 is 10.5. The summed E-state index contributed by atoms with van der Waals surface area (Å²) in [5, 5.41) is 2.81. The number of methoxy groups -OCH3 is 1. The van der Waals surface area contributed by atoms with Crippen LogP contribution in [0.25, 0.3) is 0 Å². The lowest BCUT2D eigenvalue weighted by atomic mass is 10.0. The van der Waals surface area contributed by atoms with E-state index >= 15 is 0 Å². The van der Waals surface area contributed by atoms with E-state index in [2.05, 4.69) is 5.32 Å². The van der Waals surface area contributed by atoms with Crippen molar-refractivity contribution in [2.45, 2.75) is 25.7 Å². The predicted octanol–water partition coefficient (Wildman–Crippen LogP) is 3.12. The van der Waals surface area contributed by atoms with Crippen molar-refractivity contribution >= 4 is 17.6 Å². The standard InChI is InChI=1S/C19H19NO4/c1-23-15-6-2-13(3-7-15)4-11-19(22)24-16-8-9-17-14(12-16)5-10-18(21)20-17/h2-3,6-9,12H,4-5,10-11H2,1H3,(H,20,21).